The van der Waals surface area contributed by atoms with Crippen LogP contribution in [0.1, 0.15) is 63.8 Å². The number of hydrogen-bond donors (Lipinski definition) is 1. The first-order chi connectivity index (χ1) is 20.0. The van der Waals surface area contributed by atoms with Crippen LogP contribution in [0, 0.1) is 27.7 Å². The SMILES string of the molecule is COc1cc(C)c(-c2nc3ccccc3c(=O)n2N=Cc2cc(C)n(-c3cc(C(=O)O)ccc3C)c2C)cc1C(C)C. The molecule has 5 rings (SSSR count). The van der Waals surface area contributed by atoms with Crippen LogP contribution in [0.25, 0.3) is 28.0 Å². The lowest BCUT2D eigenvalue weighted by molar-refractivity contribution is 0.0697. The molecule has 214 valence electrons. The van der Waals surface area contributed by atoms with Crippen molar-refractivity contribution in [2.24, 2.45) is 5.10 Å². The number of fused-ring (bicyclic) bond motifs is 1. The number of carboxylic acids is 1. The van der Waals surface area contributed by atoms with Crippen molar-refractivity contribution in [3.63, 3.8) is 0 Å². The number of nitrogens with zero attached hydrogens (tertiary/aromatic N) is 4. The van der Waals surface area contributed by atoms with Crippen molar-refractivity contribution in [1.29, 1.82) is 0 Å². The van der Waals surface area contributed by atoms with E-state index in [9.17, 15) is 14.7 Å². The van der Waals surface area contributed by atoms with Crippen molar-refractivity contribution < 1.29 is 14.6 Å². The molecule has 0 aliphatic carbocycles. The van der Waals surface area contributed by atoms with Gasteiger partial charge in [-0.05, 0) is 92.8 Å². The van der Waals surface area contributed by atoms with Crippen LogP contribution in [0.5, 0.6) is 5.75 Å². The molecule has 0 saturated carbocycles. The Labute approximate surface area is 244 Å². The van der Waals surface area contributed by atoms with E-state index in [4.69, 9.17) is 14.8 Å². The Bertz CT molecular complexity index is 1950. The summed E-state index contributed by atoms with van der Waals surface area (Å²) < 4.78 is 9.02. The zero-order chi connectivity index (χ0) is 30.3. The number of hydrogen-bond acceptors (Lipinski definition) is 5. The molecule has 0 radical (unpaired) electrons. The van der Waals surface area contributed by atoms with Gasteiger partial charge in [0, 0.05) is 28.2 Å². The molecule has 0 aliphatic rings. The van der Waals surface area contributed by atoms with Gasteiger partial charge in [-0.15, -0.1) is 0 Å². The summed E-state index contributed by atoms with van der Waals surface area (Å²) in [6.45, 7) is 12.0. The monoisotopic (exact) mass is 562 g/mol. The van der Waals surface area contributed by atoms with E-state index in [1.807, 2.05) is 68.7 Å². The number of benzene rings is 3. The van der Waals surface area contributed by atoms with Crippen LogP contribution in [-0.2, 0) is 0 Å². The third-order valence-electron chi connectivity index (χ3n) is 7.67. The summed E-state index contributed by atoms with van der Waals surface area (Å²) in [5.41, 5.74) is 7.57. The molecule has 2 heterocycles. The van der Waals surface area contributed by atoms with Gasteiger partial charge >= 0.3 is 5.97 Å². The largest absolute Gasteiger partial charge is 0.496 e. The third kappa shape index (κ3) is 5.00. The summed E-state index contributed by atoms with van der Waals surface area (Å²) in [7, 11) is 1.66. The van der Waals surface area contributed by atoms with E-state index in [1.54, 1.807) is 37.6 Å². The number of methoxy groups -OCH3 is 1. The second kappa shape index (κ2) is 11.1. The van der Waals surface area contributed by atoms with Crippen molar-refractivity contribution >= 4 is 23.1 Å². The first-order valence-electron chi connectivity index (χ1n) is 13.8. The third-order valence-corrected chi connectivity index (χ3v) is 7.67. The summed E-state index contributed by atoms with van der Waals surface area (Å²) in [6.07, 6.45) is 1.67. The van der Waals surface area contributed by atoms with E-state index >= 15 is 0 Å². The Balaban J connectivity index is 1.70. The van der Waals surface area contributed by atoms with E-state index in [-0.39, 0.29) is 17.0 Å². The predicted molar refractivity (Wildman–Crippen MR) is 167 cm³/mol. The van der Waals surface area contributed by atoms with Crippen LogP contribution in [0.3, 0.4) is 0 Å². The maximum absolute atomic E-state index is 13.8. The summed E-state index contributed by atoms with van der Waals surface area (Å²) in [4.78, 5) is 30.4. The van der Waals surface area contributed by atoms with Gasteiger partial charge in [-0.1, -0.05) is 32.0 Å². The molecule has 0 saturated heterocycles. The highest BCUT2D eigenvalue weighted by Gasteiger charge is 2.19. The van der Waals surface area contributed by atoms with Crippen molar-refractivity contribution in [2.45, 2.75) is 47.5 Å². The zero-order valence-corrected chi connectivity index (χ0v) is 24.9. The fraction of sp³-hybridized carbons (Fsp3) is 0.235. The van der Waals surface area contributed by atoms with Gasteiger partial charge in [-0.25, -0.2) is 9.78 Å². The van der Waals surface area contributed by atoms with Gasteiger partial charge in [0.2, 0.25) is 0 Å². The number of aromatic carboxylic acids is 1. The van der Waals surface area contributed by atoms with E-state index in [0.29, 0.717) is 16.7 Å². The first kappa shape index (κ1) is 28.5. The summed E-state index contributed by atoms with van der Waals surface area (Å²) in [6, 6.07) is 18.3. The highest BCUT2D eigenvalue weighted by Crippen LogP contribution is 2.34. The van der Waals surface area contributed by atoms with Gasteiger partial charge in [0.15, 0.2) is 5.82 Å². The Hall–Kier alpha value is -4.98. The molecule has 42 heavy (non-hydrogen) atoms. The Morgan fingerprint density at radius 2 is 1.74 bits per heavy atom. The number of para-hydroxylation sites is 1. The maximum atomic E-state index is 13.8. The van der Waals surface area contributed by atoms with Crippen molar-refractivity contribution in [2.75, 3.05) is 7.11 Å². The molecule has 3 aromatic carbocycles. The number of aryl methyl sites for hydroxylation is 3. The van der Waals surface area contributed by atoms with Crippen molar-refractivity contribution in [3.8, 4) is 22.8 Å². The van der Waals surface area contributed by atoms with Crippen molar-refractivity contribution in [3.05, 3.63) is 110 Å². The fourth-order valence-electron chi connectivity index (χ4n) is 5.36. The number of ether oxygens (including phenoxy) is 1. The van der Waals surface area contributed by atoms with Gasteiger partial charge in [0.05, 0.1) is 29.8 Å². The molecule has 0 unspecified atom stereocenters. The molecule has 0 fully saturated rings. The van der Waals surface area contributed by atoms with Crippen LogP contribution in [0.15, 0.2) is 70.6 Å². The summed E-state index contributed by atoms with van der Waals surface area (Å²) >= 11 is 0. The molecule has 2 aromatic heterocycles. The van der Waals surface area contributed by atoms with Crippen LogP contribution in [0.4, 0.5) is 0 Å². The van der Waals surface area contributed by atoms with E-state index < -0.39 is 5.97 Å². The fourth-order valence-corrected chi connectivity index (χ4v) is 5.36. The average molecular weight is 563 g/mol. The van der Waals surface area contributed by atoms with E-state index in [0.717, 1.165) is 50.6 Å². The Kier molecular flexibility index (Phi) is 7.56. The smallest absolute Gasteiger partial charge is 0.335 e. The number of rotatable bonds is 7. The first-order valence-corrected chi connectivity index (χ1v) is 13.8. The standard InChI is InChI=1S/C34H34N4O4/c1-19(2)27-17-28(21(4)14-31(27)42-7)32-36-29-11-9-8-10-26(29)33(39)38(32)35-18-25-15-22(5)37(23(25)6)30-16-24(34(40)41)13-12-20(30)3/h8-19H,1-7H3,(H,40,41). The van der Waals surface area contributed by atoms with Crippen LogP contribution in [-0.4, -0.2) is 38.6 Å². The molecular weight excluding hydrogens is 528 g/mol. The van der Waals surface area contributed by atoms with Gasteiger partial charge in [-0.2, -0.15) is 9.78 Å². The molecule has 0 atom stereocenters. The molecule has 1 N–H and O–H groups in total. The quantitative estimate of drug-likeness (QED) is 0.220. The van der Waals surface area contributed by atoms with Crippen LogP contribution in [0.2, 0.25) is 0 Å². The lowest BCUT2D eigenvalue weighted by Crippen LogP contribution is -2.21. The Morgan fingerprint density at radius 1 is 1.00 bits per heavy atom. The number of aromatic nitrogens is 3. The minimum Gasteiger partial charge on any atom is -0.496 e. The summed E-state index contributed by atoms with van der Waals surface area (Å²) in [5, 5.41) is 14.7. The average Bonchev–Trinajstić information content (AvgIpc) is 3.24. The van der Waals surface area contributed by atoms with Crippen LogP contribution < -0.4 is 10.3 Å². The minimum absolute atomic E-state index is 0.192. The van der Waals surface area contributed by atoms with E-state index in [2.05, 4.69) is 13.8 Å². The second-order valence-electron chi connectivity index (χ2n) is 10.8. The minimum atomic E-state index is -0.981. The lowest BCUT2D eigenvalue weighted by Gasteiger charge is -2.17. The summed E-state index contributed by atoms with van der Waals surface area (Å²) in [5.74, 6) is 0.442. The maximum Gasteiger partial charge on any atom is 0.335 e. The molecule has 0 bridgehead atoms. The van der Waals surface area contributed by atoms with Gasteiger partial charge in [-0.3, -0.25) is 4.79 Å². The molecule has 8 heteroatoms. The molecule has 0 amide bonds. The molecule has 8 nitrogen and oxygen atoms in total. The number of carbonyl (C=O) groups is 1. The Morgan fingerprint density at radius 3 is 2.43 bits per heavy atom. The van der Waals surface area contributed by atoms with Gasteiger partial charge in [0.1, 0.15) is 5.75 Å². The normalized spacial score (nSPS) is 11.6. The highest BCUT2D eigenvalue weighted by atomic mass is 16.5. The molecule has 0 spiro atoms. The van der Waals surface area contributed by atoms with Gasteiger partial charge in [0.25, 0.3) is 5.56 Å². The van der Waals surface area contributed by atoms with Crippen molar-refractivity contribution in [1.82, 2.24) is 14.2 Å². The second-order valence-corrected chi connectivity index (χ2v) is 10.8. The van der Waals surface area contributed by atoms with Gasteiger partial charge < -0.3 is 14.4 Å². The highest BCUT2D eigenvalue weighted by molar-refractivity contribution is 5.89. The molecular formula is C34H34N4O4. The molecule has 5 aromatic rings. The lowest BCUT2D eigenvalue weighted by atomic mass is 9.96. The predicted octanol–water partition coefficient (Wildman–Crippen LogP) is 6.80. The van der Waals surface area contributed by atoms with Crippen LogP contribution >= 0.6 is 0 Å². The zero-order valence-electron chi connectivity index (χ0n) is 24.9. The molecule has 0 aliphatic heterocycles. The van der Waals surface area contributed by atoms with E-state index in [1.165, 1.54) is 4.68 Å². The topological polar surface area (TPSA) is 98.7 Å². The number of carboxylic acid groups (broad SMARTS) is 1.